The maximum absolute atomic E-state index is 12.2. The second kappa shape index (κ2) is 9.31. The normalized spacial score (nSPS) is 10.7. The minimum Gasteiger partial charge on any atom is -0.488 e. The molecule has 0 bridgehead atoms. The van der Waals surface area contributed by atoms with Crippen LogP contribution in [0.25, 0.3) is 0 Å². The van der Waals surface area contributed by atoms with E-state index in [1.165, 1.54) is 10.8 Å². The van der Waals surface area contributed by atoms with E-state index in [2.05, 4.69) is 10.3 Å². The Hall–Kier alpha value is -2.68. The first-order valence-corrected chi connectivity index (χ1v) is 9.40. The van der Waals surface area contributed by atoms with Crippen molar-refractivity contribution in [2.75, 3.05) is 18.5 Å². The number of nitrogens with zero attached hydrogens (tertiary/aromatic N) is 2. The maximum Gasteiger partial charge on any atom is 0.350 e. The van der Waals surface area contributed by atoms with E-state index >= 15 is 0 Å². The van der Waals surface area contributed by atoms with E-state index in [0.717, 1.165) is 11.3 Å². The van der Waals surface area contributed by atoms with Crippen molar-refractivity contribution in [2.45, 2.75) is 34.2 Å². The minimum atomic E-state index is -0.458. The highest BCUT2D eigenvalue weighted by Gasteiger charge is 2.18. The molecule has 0 spiro atoms. The molecule has 0 aromatic carbocycles. The number of rotatable bonds is 8. The van der Waals surface area contributed by atoms with Crippen molar-refractivity contribution in [1.82, 2.24) is 9.55 Å². The van der Waals surface area contributed by atoms with E-state index in [9.17, 15) is 14.4 Å². The SMILES string of the molecule is CCOc1cccn(CC(=O)Nc2nc(C)c(C(=O)OCC(C)C)s2)c1=O. The monoisotopic (exact) mass is 393 g/mol. The number of carbonyl (C=O) groups excluding carboxylic acids is 2. The molecule has 0 saturated carbocycles. The van der Waals surface area contributed by atoms with Crippen LogP contribution in [0.1, 0.15) is 36.1 Å². The van der Waals surface area contributed by atoms with Crippen molar-refractivity contribution < 1.29 is 19.1 Å². The van der Waals surface area contributed by atoms with Crippen LogP contribution in [0.3, 0.4) is 0 Å². The van der Waals surface area contributed by atoms with Gasteiger partial charge >= 0.3 is 5.97 Å². The largest absolute Gasteiger partial charge is 0.488 e. The number of amides is 1. The van der Waals surface area contributed by atoms with Crippen molar-refractivity contribution in [1.29, 1.82) is 0 Å². The summed E-state index contributed by atoms with van der Waals surface area (Å²) in [5.74, 6) is -0.471. The lowest BCUT2D eigenvalue weighted by Gasteiger charge is -2.08. The summed E-state index contributed by atoms with van der Waals surface area (Å²) in [4.78, 5) is 41.1. The highest BCUT2D eigenvalue weighted by atomic mass is 32.1. The molecule has 2 heterocycles. The second-order valence-corrected chi connectivity index (χ2v) is 7.21. The summed E-state index contributed by atoms with van der Waals surface area (Å²) in [5, 5.41) is 2.89. The molecular weight excluding hydrogens is 370 g/mol. The van der Waals surface area contributed by atoms with Gasteiger partial charge < -0.3 is 19.4 Å². The summed E-state index contributed by atoms with van der Waals surface area (Å²) >= 11 is 1.04. The van der Waals surface area contributed by atoms with Gasteiger partial charge in [-0.3, -0.25) is 9.59 Å². The molecule has 0 saturated heterocycles. The molecule has 0 aliphatic rings. The second-order valence-electron chi connectivity index (χ2n) is 6.21. The van der Waals surface area contributed by atoms with Gasteiger partial charge in [0, 0.05) is 6.20 Å². The Labute approximate surface area is 161 Å². The molecule has 9 heteroatoms. The quantitative estimate of drug-likeness (QED) is 0.692. The van der Waals surface area contributed by atoms with Gasteiger partial charge in [0.25, 0.3) is 5.56 Å². The molecule has 2 rings (SSSR count). The van der Waals surface area contributed by atoms with Crippen LogP contribution < -0.4 is 15.6 Å². The topological polar surface area (TPSA) is 99.5 Å². The molecule has 0 radical (unpaired) electrons. The van der Waals surface area contributed by atoms with Gasteiger partial charge in [0.15, 0.2) is 10.9 Å². The van der Waals surface area contributed by atoms with Crippen LogP contribution in [0, 0.1) is 12.8 Å². The lowest BCUT2D eigenvalue weighted by Crippen LogP contribution is -2.27. The molecule has 0 unspecified atom stereocenters. The van der Waals surface area contributed by atoms with E-state index in [1.807, 2.05) is 13.8 Å². The molecule has 0 atom stereocenters. The predicted octanol–water partition coefficient (Wildman–Crippen LogP) is 2.46. The molecule has 146 valence electrons. The van der Waals surface area contributed by atoms with Crippen molar-refractivity contribution in [3.05, 3.63) is 39.3 Å². The number of hydrogen-bond donors (Lipinski definition) is 1. The third-order valence-corrected chi connectivity index (χ3v) is 4.43. The van der Waals surface area contributed by atoms with Crippen LogP contribution in [-0.2, 0) is 16.1 Å². The zero-order chi connectivity index (χ0) is 20.0. The molecule has 0 aliphatic heterocycles. The molecule has 0 aliphatic carbocycles. The molecule has 8 nitrogen and oxygen atoms in total. The van der Waals surface area contributed by atoms with Crippen LogP contribution in [0.5, 0.6) is 5.75 Å². The fourth-order valence-corrected chi connectivity index (χ4v) is 3.04. The molecule has 1 amide bonds. The summed E-state index contributed by atoms with van der Waals surface area (Å²) < 4.78 is 11.7. The summed E-state index contributed by atoms with van der Waals surface area (Å²) in [6, 6.07) is 3.19. The lowest BCUT2D eigenvalue weighted by molar-refractivity contribution is -0.116. The molecular formula is C18H23N3O5S. The molecule has 2 aromatic heterocycles. The Morgan fingerprint density at radius 3 is 2.78 bits per heavy atom. The zero-order valence-electron chi connectivity index (χ0n) is 15.8. The van der Waals surface area contributed by atoms with E-state index in [4.69, 9.17) is 9.47 Å². The summed E-state index contributed by atoms with van der Waals surface area (Å²) in [6.45, 7) is 7.83. The first-order chi connectivity index (χ1) is 12.8. The third-order valence-electron chi connectivity index (χ3n) is 3.38. The highest BCUT2D eigenvalue weighted by molar-refractivity contribution is 7.17. The molecule has 0 fully saturated rings. The van der Waals surface area contributed by atoms with Gasteiger partial charge in [-0.15, -0.1) is 0 Å². The smallest absolute Gasteiger partial charge is 0.350 e. The number of thiazole rings is 1. The first kappa shape index (κ1) is 20.6. The number of esters is 1. The van der Waals surface area contributed by atoms with E-state index in [0.29, 0.717) is 23.8 Å². The number of pyridine rings is 1. The van der Waals surface area contributed by atoms with Crippen molar-refractivity contribution in [3.63, 3.8) is 0 Å². The minimum absolute atomic E-state index is 0.188. The van der Waals surface area contributed by atoms with Gasteiger partial charge in [0.1, 0.15) is 11.4 Å². The fraction of sp³-hybridized carbons (Fsp3) is 0.444. The van der Waals surface area contributed by atoms with Crippen LogP contribution >= 0.6 is 11.3 Å². The van der Waals surface area contributed by atoms with Crippen LogP contribution in [0.2, 0.25) is 0 Å². The number of hydrogen-bond acceptors (Lipinski definition) is 7. The number of aromatic nitrogens is 2. The van der Waals surface area contributed by atoms with E-state index in [1.54, 1.807) is 26.0 Å². The number of carbonyl (C=O) groups is 2. The summed E-state index contributed by atoms with van der Waals surface area (Å²) in [6.07, 6.45) is 1.51. The van der Waals surface area contributed by atoms with E-state index < -0.39 is 11.9 Å². The highest BCUT2D eigenvalue weighted by Crippen LogP contribution is 2.23. The fourth-order valence-electron chi connectivity index (χ4n) is 2.17. The molecule has 1 N–H and O–H groups in total. The number of anilines is 1. The number of ether oxygens (including phenoxy) is 2. The van der Waals surface area contributed by atoms with Gasteiger partial charge in [-0.2, -0.15) is 0 Å². The zero-order valence-corrected chi connectivity index (χ0v) is 16.6. The number of nitrogens with one attached hydrogen (secondary N) is 1. The van der Waals surface area contributed by atoms with Crippen LogP contribution in [-0.4, -0.2) is 34.6 Å². The molecule has 27 heavy (non-hydrogen) atoms. The average Bonchev–Trinajstić information content (AvgIpc) is 2.96. The van der Waals surface area contributed by atoms with Gasteiger partial charge in [-0.25, -0.2) is 9.78 Å². The first-order valence-electron chi connectivity index (χ1n) is 8.58. The Morgan fingerprint density at radius 1 is 1.37 bits per heavy atom. The third kappa shape index (κ3) is 5.65. The van der Waals surface area contributed by atoms with Crippen molar-refractivity contribution >= 4 is 28.3 Å². The Balaban J connectivity index is 2.05. The lowest BCUT2D eigenvalue weighted by atomic mass is 10.2. The number of aryl methyl sites for hydroxylation is 1. The Kier molecular flexibility index (Phi) is 7.12. The van der Waals surface area contributed by atoms with Crippen molar-refractivity contribution in [2.24, 2.45) is 5.92 Å². The average molecular weight is 393 g/mol. The van der Waals surface area contributed by atoms with Crippen LogP contribution in [0.4, 0.5) is 5.13 Å². The molecule has 2 aromatic rings. The van der Waals surface area contributed by atoms with Crippen molar-refractivity contribution in [3.8, 4) is 5.75 Å². The van der Waals surface area contributed by atoms with Crippen LogP contribution in [0.15, 0.2) is 23.1 Å². The predicted molar refractivity (Wildman–Crippen MR) is 102 cm³/mol. The Morgan fingerprint density at radius 2 is 2.11 bits per heavy atom. The van der Waals surface area contributed by atoms with Gasteiger partial charge in [0.05, 0.1) is 18.9 Å². The summed E-state index contributed by atoms with van der Waals surface area (Å²) in [5.41, 5.74) is 0.0994. The van der Waals surface area contributed by atoms with Gasteiger partial charge in [-0.05, 0) is 31.9 Å². The van der Waals surface area contributed by atoms with Gasteiger partial charge in [-0.1, -0.05) is 25.2 Å². The van der Waals surface area contributed by atoms with Gasteiger partial charge in [0.2, 0.25) is 5.91 Å². The maximum atomic E-state index is 12.2. The Bertz CT molecular complexity index is 872. The standard InChI is InChI=1S/C18H23N3O5S/c1-5-25-13-7-6-8-21(16(13)23)9-14(22)20-18-19-12(4)15(27-18)17(24)26-10-11(2)3/h6-8,11H,5,9-10H2,1-4H3,(H,19,20,22). The van der Waals surface area contributed by atoms with E-state index in [-0.39, 0.29) is 28.9 Å². The summed E-state index contributed by atoms with van der Waals surface area (Å²) in [7, 11) is 0.